The Kier molecular flexibility index (Phi) is 5.22. The minimum Gasteiger partial charge on any atom is -0.330 e. The van der Waals surface area contributed by atoms with Gasteiger partial charge >= 0.3 is 0 Å². The summed E-state index contributed by atoms with van der Waals surface area (Å²) in [5.41, 5.74) is 5.69. The van der Waals surface area contributed by atoms with Gasteiger partial charge in [0.15, 0.2) is 0 Å². The van der Waals surface area contributed by atoms with E-state index in [0.717, 1.165) is 12.1 Å². The third-order valence-electron chi connectivity index (χ3n) is 2.72. The van der Waals surface area contributed by atoms with Gasteiger partial charge in [-0.25, -0.2) is 8.78 Å². The Balaban J connectivity index is 2.50. The lowest BCUT2D eigenvalue weighted by atomic mass is 10.00. The van der Waals surface area contributed by atoms with Crippen LogP contribution in [0.15, 0.2) is 18.2 Å². The number of halogens is 2. The predicted molar refractivity (Wildman–Crippen MR) is 62.5 cm³/mol. The predicted octanol–water partition coefficient (Wildman–Crippen LogP) is 2.45. The molecule has 17 heavy (non-hydrogen) atoms. The Hall–Kier alpha value is -1.29. The highest BCUT2D eigenvalue weighted by Crippen LogP contribution is 2.12. The first-order valence-corrected chi connectivity index (χ1v) is 5.68. The van der Waals surface area contributed by atoms with Crippen molar-refractivity contribution in [2.24, 2.45) is 11.7 Å². The molecule has 1 unspecified atom stereocenters. The van der Waals surface area contributed by atoms with Crippen molar-refractivity contribution in [2.45, 2.75) is 26.2 Å². The summed E-state index contributed by atoms with van der Waals surface area (Å²) in [6.07, 6.45) is 1.11. The largest absolute Gasteiger partial charge is 0.330 e. The van der Waals surface area contributed by atoms with Crippen molar-refractivity contribution in [1.29, 1.82) is 0 Å². The van der Waals surface area contributed by atoms with E-state index in [1.807, 2.05) is 6.92 Å². The van der Waals surface area contributed by atoms with Crippen LogP contribution < -0.4 is 5.73 Å². The minimum absolute atomic E-state index is 0.0173. The van der Waals surface area contributed by atoms with Gasteiger partial charge in [-0.1, -0.05) is 13.0 Å². The normalized spacial score (nSPS) is 12.5. The van der Waals surface area contributed by atoms with E-state index in [-0.39, 0.29) is 23.7 Å². The van der Waals surface area contributed by atoms with Crippen molar-refractivity contribution >= 4 is 5.78 Å². The van der Waals surface area contributed by atoms with Crippen LogP contribution in [0, 0.1) is 17.6 Å². The van der Waals surface area contributed by atoms with Gasteiger partial charge in [0, 0.05) is 18.9 Å². The highest BCUT2D eigenvalue weighted by atomic mass is 19.1. The van der Waals surface area contributed by atoms with E-state index in [9.17, 15) is 13.6 Å². The molecule has 0 aromatic heterocycles. The first-order chi connectivity index (χ1) is 8.02. The van der Waals surface area contributed by atoms with E-state index in [1.165, 1.54) is 6.07 Å². The van der Waals surface area contributed by atoms with Crippen LogP contribution in [0.4, 0.5) is 8.78 Å². The Morgan fingerprint density at radius 1 is 1.41 bits per heavy atom. The summed E-state index contributed by atoms with van der Waals surface area (Å²) in [6, 6.07) is 3.27. The molecule has 0 aliphatic rings. The van der Waals surface area contributed by atoms with Crippen molar-refractivity contribution in [3.63, 3.8) is 0 Å². The third kappa shape index (κ3) is 4.61. The summed E-state index contributed by atoms with van der Waals surface area (Å²) in [5, 5.41) is 0. The lowest BCUT2D eigenvalue weighted by molar-refractivity contribution is -0.118. The average Bonchev–Trinajstić information content (AvgIpc) is 2.29. The Morgan fingerprint density at radius 2 is 2.12 bits per heavy atom. The van der Waals surface area contributed by atoms with Gasteiger partial charge in [0.25, 0.3) is 0 Å². The maximum atomic E-state index is 13.3. The molecular formula is C13H17F2NO. The molecule has 1 aromatic carbocycles. The van der Waals surface area contributed by atoms with E-state index in [1.54, 1.807) is 0 Å². The molecule has 1 atom stereocenters. The fourth-order valence-corrected chi connectivity index (χ4v) is 1.49. The van der Waals surface area contributed by atoms with Crippen molar-refractivity contribution < 1.29 is 13.6 Å². The Morgan fingerprint density at radius 3 is 2.71 bits per heavy atom. The van der Waals surface area contributed by atoms with Crippen molar-refractivity contribution in [3.8, 4) is 0 Å². The maximum absolute atomic E-state index is 13.3. The quantitative estimate of drug-likeness (QED) is 0.831. The molecule has 0 bridgehead atoms. The summed E-state index contributed by atoms with van der Waals surface area (Å²) in [7, 11) is 0. The van der Waals surface area contributed by atoms with Crippen LogP contribution in [0.25, 0.3) is 0 Å². The number of rotatable bonds is 6. The summed E-state index contributed by atoms with van der Waals surface area (Å²) >= 11 is 0. The fourth-order valence-electron chi connectivity index (χ4n) is 1.49. The van der Waals surface area contributed by atoms with Gasteiger partial charge < -0.3 is 5.73 Å². The molecule has 1 rings (SSSR count). The first kappa shape index (κ1) is 13.8. The second kappa shape index (κ2) is 6.45. The van der Waals surface area contributed by atoms with Crippen LogP contribution in [-0.2, 0) is 11.2 Å². The van der Waals surface area contributed by atoms with Crippen LogP contribution in [0.3, 0.4) is 0 Å². The SMILES string of the molecule is CC(CN)CCC(=O)Cc1ccc(F)cc1F. The van der Waals surface area contributed by atoms with E-state index < -0.39 is 11.6 Å². The number of hydrogen-bond acceptors (Lipinski definition) is 2. The Bertz CT molecular complexity index is 393. The van der Waals surface area contributed by atoms with E-state index in [0.29, 0.717) is 19.4 Å². The summed E-state index contributed by atoms with van der Waals surface area (Å²) in [5.74, 6) is -1.05. The Labute approximate surface area is 99.8 Å². The number of Topliss-reactive ketones (excluding diaryl/α,β-unsaturated/α-hetero) is 1. The van der Waals surface area contributed by atoms with Gasteiger partial charge in [0.1, 0.15) is 17.4 Å². The van der Waals surface area contributed by atoms with Gasteiger partial charge in [-0.15, -0.1) is 0 Å². The molecule has 0 amide bonds. The molecule has 1 aromatic rings. The molecule has 2 N–H and O–H groups in total. The molecule has 0 saturated heterocycles. The van der Waals surface area contributed by atoms with Crippen molar-refractivity contribution in [3.05, 3.63) is 35.4 Å². The molecule has 2 nitrogen and oxygen atoms in total. The van der Waals surface area contributed by atoms with Crippen molar-refractivity contribution in [2.75, 3.05) is 6.54 Å². The second-order valence-corrected chi connectivity index (χ2v) is 4.33. The lowest BCUT2D eigenvalue weighted by Crippen LogP contribution is -2.13. The van der Waals surface area contributed by atoms with Gasteiger partial charge in [-0.3, -0.25) is 4.79 Å². The summed E-state index contributed by atoms with van der Waals surface area (Å²) in [6.45, 7) is 2.50. The number of benzene rings is 1. The van der Waals surface area contributed by atoms with Crippen molar-refractivity contribution in [1.82, 2.24) is 0 Å². The average molecular weight is 241 g/mol. The minimum atomic E-state index is -0.662. The standard InChI is InChI=1S/C13H17F2NO/c1-9(8-16)2-5-12(17)6-10-3-4-11(14)7-13(10)15/h3-4,7,9H,2,5-6,8,16H2,1H3. The highest BCUT2D eigenvalue weighted by Gasteiger charge is 2.10. The number of nitrogens with two attached hydrogens (primary N) is 1. The van der Waals surface area contributed by atoms with Crippen LogP contribution in [-0.4, -0.2) is 12.3 Å². The number of hydrogen-bond donors (Lipinski definition) is 1. The number of ketones is 1. The van der Waals surface area contributed by atoms with Gasteiger partial charge in [-0.05, 0) is 30.5 Å². The maximum Gasteiger partial charge on any atom is 0.137 e. The van der Waals surface area contributed by atoms with Crippen LogP contribution in [0.1, 0.15) is 25.3 Å². The van der Waals surface area contributed by atoms with Gasteiger partial charge in [0.2, 0.25) is 0 Å². The zero-order valence-electron chi connectivity index (χ0n) is 9.88. The summed E-state index contributed by atoms with van der Waals surface area (Å²) < 4.78 is 25.9. The highest BCUT2D eigenvalue weighted by molar-refractivity contribution is 5.80. The van der Waals surface area contributed by atoms with Crippen LogP contribution in [0.2, 0.25) is 0 Å². The molecule has 0 spiro atoms. The van der Waals surface area contributed by atoms with E-state index in [2.05, 4.69) is 0 Å². The molecule has 0 radical (unpaired) electrons. The zero-order valence-corrected chi connectivity index (χ0v) is 9.88. The summed E-state index contributed by atoms with van der Waals surface area (Å²) in [4.78, 5) is 11.6. The molecule has 4 heteroatoms. The lowest BCUT2D eigenvalue weighted by Gasteiger charge is -2.07. The third-order valence-corrected chi connectivity index (χ3v) is 2.72. The topological polar surface area (TPSA) is 43.1 Å². The van der Waals surface area contributed by atoms with E-state index >= 15 is 0 Å². The number of carbonyl (C=O) groups is 1. The zero-order chi connectivity index (χ0) is 12.8. The van der Waals surface area contributed by atoms with E-state index in [4.69, 9.17) is 5.73 Å². The molecule has 0 aliphatic heterocycles. The number of carbonyl (C=O) groups excluding carboxylic acids is 1. The second-order valence-electron chi connectivity index (χ2n) is 4.33. The molecule has 0 aliphatic carbocycles. The molecule has 94 valence electrons. The first-order valence-electron chi connectivity index (χ1n) is 5.68. The molecular weight excluding hydrogens is 224 g/mol. The van der Waals surface area contributed by atoms with Crippen LogP contribution in [0.5, 0.6) is 0 Å². The monoisotopic (exact) mass is 241 g/mol. The molecule has 0 heterocycles. The molecule has 0 fully saturated rings. The van der Waals surface area contributed by atoms with Gasteiger partial charge in [0.05, 0.1) is 0 Å². The molecule has 0 saturated carbocycles. The fraction of sp³-hybridized carbons (Fsp3) is 0.462. The van der Waals surface area contributed by atoms with Gasteiger partial charge in [-0.2, -0.15) is 0 Å². The van der Waals surface area contributed by atoms with Crippen LogP contribution >= 0.6 is 0 Å². The smallest absolute Gasteiger partial charge is 0.137 e.